The summed E-state index contributed by atoms with van der Waals surface area (Å²) in [6, 6.07) is 10.3. The van der Waals surface area contributed by atoms with Crippen molar-refractivity contribution in [3.63, 3.8) is 0 Å². The first kappa shape index (κ1) is 11.8. The molecule has 0 saturated carbocycles. The van der Waals surface area contributed by atoms with Gasteiger partial charge >= 0.3 is 0 Å². The molecule has 3 heteroatoms. The lowest BCUT2D eigenvalue weighted by Crippen LogP contribution is -2.37. The molecule has 0 aliphatic heterocycles. The average molecular weight is 296 g/mol. The summed E-state index contributed by atoms with van der Waals surface area (Å²) < 4.78 is 1.10. The minimum atomic E-state index is -0.389. The highest BCUT2D eigenvalue weighted by atomic mass is 79.9. The van der Waals surface area contributed by atoms with Crippen LogP contribution in [0.25, 0.3) is 0 Å². The van der Waals surface area contributed by atoms with Gasteiger partial charge in [0, 0.05) is 15.4 Å². The zero-order valence-corrected chi connectivity index (χ0v) is 11.5. The van der Waals surface area contributed by atoms with Crippen LogP contribution in [0.2, 0.25) is 0 Å². The lowest BCUT2D eigenvalue weighted by molar-refractivity contribution is 0.518. The van der Waals surface area contributed by atoms with Gasteiger partial charge in [-0.05, 0) is 33.3 Å². The van der Waals surface area contributed by atoms with Crippen LogP contribution in [0.3, 0.4) is 0 Å². The Morgan fingerprint density at radius 1 is 1.25 bits per heavy atom. The predicted octanol–water partition coefficient (Wildman–Crippen LogP) is 4.12. The molecular weight excluding hydrogens is 282 g/mol. The van der Waals surface area contributed by atoms with Crippen LogP contribution in [-0.4, -0.2) is 0 Å². The quantitative estimate of drug-likeness (QED) is 0.905. The third kappa shape index (κ3) is 1.95. The summed E-state index contributed by atoms with van der Waals surface area (Å²) >= 11 is 5.25. The predicted molar refractivity (Wildman–Crippen MR) is 73.7 cm³/mol. The van der Waals surface area contributed by atoms with E-state index in [1.165, 1.54) is 5.56 Å². The normalized spacial score (nSPS) is 14.7. The number of halogens is 1. The summed E-state index contributed by atoms with van der Waals surface area (Å²) in [5, 5.41) is 4.20. The molecule has 0 saturated heterocycles. The molecule has 1 aromatic carbocycles. The second-order valence-electron chi connectivity index (χ2n) is 3.82. The second-order valence-corrected chi connectivity index (χ2v) is 5.42. The molecule has 1 heterocycles. The van der Waals surface area contributed by atoms with Gasteiger partial charge in [0.1, 0.15) is 0 Å². The molecule has 1 nitrogen and oxygen atoms in total. The Bertz CT molecular complexity index is 466. The van der Waals surface area contributed by atoms with Gasteiger partial charge in [-0.15, -0.1) is 0 Å². The van der Waals surface area contributed by atoms with E-state index in [9.17, 15) is 0 Å². The van der Waals surface area contributed by atoms with Crippen LogP contribution >= 0.6 is 27.3 Å². The molecule has 0 bridgehead atoms. The molecule has 2 aromatic rings. The summed E-state index contributed by atoms with van der Waals surface area (Å²) in [6.07, 6.45) is 0.881. The minimum absolute atomic E-state index is 0.389. The Balaban J connectivity index is 2.53. The van der Waals surface area contributed by atoms with Crippen LogP contribution in [0.4, 0.5) is 0 Å². The SMILES string of the molecule is CCC(N)(c1ccccc1)c1cscc1Br. The van der Waals surface area contributed by atoms with E-state index >= 15 is 0 Å². The van der Waals surface area contributed by atoms with Crippen molar-refractivity contribution in [2.24, 2.45) is 5.73 Å². The Hall–Kier alpha value is -0.640. The van der Waals surface area contributed by atoms with Crippen molar-refractivity contribution in [1.82, 2.24) is 0 Å². The highest BCUT2D eigenvalue weighted by Gasteiger charge is 2.29. The third-order valence-corrected chi connectivity index (χ3v) is 4.64. The maximum Gasteiger partial charge on any atom is 0.0682 e. The monoisotopic (exact) mass is 295 g/mol. The van der Waals surface area contributed by atoms with Crippen LogP contribution < -0.4 is 5.73 Å². The van der Waals surface area contributed by atoms with Gasteiger partial charge in [0.15, 0.2) is 0 Å². The molecule has 1 aromatic heterocycles. The maximum atomic E-state index is 6.56. The number of rotatable bonds is 3. The third-order valence-electron chi connectivity index (χ3n) is 2.94. The van der Waals surface area contributed by atoms with Crippen molar-refractivity contribution >= 4 is 27.3 Å². The molecule has 2 N–H and O–H groups in total. The fourth-order valence-electron chi connectivity index (χ4n) is 1.89. The number of hydrogen-bond acceptors (Lipinski definition) is 2. The zero-order valence-electron chi connectivity index (χ0n) is 9.11. The van der Waals surface area contributed by atoms with Crippen LogP contribution in [-0.2, 0) is 5.54 Å². The Morgan fingerprint density at radius 2 is 1.94 bits per heavy atom. The molecule has 0 aliphatic carbocycles. The number of nitrogens with two attached hydrogens (primary N) is 1. The lowest BCUT2D eigenvalue weighted by atomic mass is 9.83. The van der Waals surface area contributed by atoms with Crippen LogP contribution in [0.1, 0.15) is 24.5 Å². The van der Waals surface area contributed by atoms with E-state index in [1.54, 1.807) is 11.3 Å². The lowest BCUT2D eigenvalue weighted by Gasteiger charge is -2.29. The van der Waals surface area contributed by atoms with Gasteiger partial charge in [0.2, 0.25) is 0 Å². The van der Waals surface area contributed by atoms with Gasteiger partial charge in [-0.3, -0.25) is 0 Å². The molecule has 1 atom stereocenters. The molecule has 0 aliphatic rings. The number of benzene rings is 1. The van der Waals surface area contributed by atoms with Crippen molar-refractivity contribution in [1.29, 1.82) is 0 Å². The number of thiophene rings is 1. The summed E-state index contributed by atoms with van der Waals surface area (Å²) in [6.45, 7) is 2.12. The van der Waals surface area contributed by atoms with Crippen molar-refractivity contribution in [2.45, 2.75) is 18.9 Å². The van der Waals surface area contributed by atoms with Crippen molar-refractivity contribution in [3.05, 3.63) is 56.7 Å². The highest BCUT2D eigenvalue weighted by Crippen LogP contribution is 2.36. The average Bonchev–Trinajstić information content (AvgIpc) is 2.76. The summed E-state index contributed by atoms with van der Waals surface area (Å²) in [5.41, 5.74) is 8.51. The highest BCUT2D eigenvalue weighted by molar-refractivity contribution is 9.10. The summed E-state index contributed by atoms with van der Waals surface area (Å²) in [4.78, 5) is 0. The molecule has 0 radical (unpaired) electrons. The van der Waals surface area contributed by atoms with Gasteiger partial charge in [-0.2, -0.15) is 11.3 Å². The van der Waals surface area contributed by atoms with E-state index in [-0.39, 0.29) is 5.54 Å². The molecule has 2 rings (SSSR count). The van der Waals surface area contributed by atoms with Crippen LogP contribution in [0.5, 0.6) is 0 Å². The van der Waals surface area contributed by atoms with Gasteiger partial charge in [0.05, 0.1) is 5.54 Å². The summed E-state index contributed by atoms with van der Waals surface area (Å²) in [7, 11) is 0. The Morgan fingerprint density at radius 3 is 2.44 bits per heavy atom. The first-order chi connectivity index (χ1) is 7.68. The van der Waals surface area contributed by atoms with Crippen molar-refractivity contribution < 1.29 is 0 Å². The van der Waals surface area contributed by atoms with Gasteiger partial charge < -0.3 is 5.73 Å². The largest absolute Gasteiger partial charge is 0.318 e. The van der Waals surface area contributed by atoms with Gasteiger partial charge in [-0.25, -0.2) is 0 Å². The molecule has 84 valence electrons. The number of hydrogen-bond donors (Lipinski definition) is 1. The Labute approximate surface area is 108 Å². The molecule has 1 unspecified atom stereocenters. The zero-order chi connectivity index (χ0) is 11.6. The molecule has 0 spiro atoms. The van der Waals surface area contributed by atoms with E-state index in [1.807, 2.05) is 18.2 Å². The van der Waals surface area contributed by atoms with E-state index < -0.39 is 0 Å². The van der Waals surface area contributed by atoms with Crippen LogP contribution in [0.15, 0.2) is 45.6 Å². The molecular formula is C13H14BrNS. The summed E-state index contributed by atoms with van der Waals surface area (Å²) in [5.74, 6) is 0. The fourth-order valence-corrected chi connectivity index (χ4v) is 3.62. The van der Waals surface area contributed by atoms with Gasteiger partial charge in [-0.1, -0.05) is 37.3 Å². The van der Waals surface area contributed by atoms with Crippen molar-refractivity contribution in [3.8, 4) is 0 Å². The smallest absolute Gasteiger partial charge is 0.0682 e. The second kappa shape index (κ2) is 4.70. The first-order valence-electron chi connectivity index (χ1n) is 5.25. The first-order valence-corrected chi connectivity index (χ1v) is 6.98. The topological polar surface area (TPSA) is 26.0 Å². The van der Waals surface area contributed by atoms with E-state index in [0.29, 0.717) is 0 Å². The molecule has 0 amide bonds. The van der Waals surface area contributed by atoms with Gasteiger partial charge in [0.25, 0.3) is 0 Å². The molecule has 16 heavy (non-hydrogen) atoms. The minimum Gasteiger partial charge on any atom is -0.318 e. The van der Waals surface area contributed by atoms with E-state index in [4.69, 9.17) is 5.73 Å². The van der Waals surface area contributed by atoms with Crippen molar-refractivity contribution in [2.75, 3.05) is 0 Å². The molecule has 0 fully saturated rings. The van der Waals surface area contributed by atoms with E-state index in [2.05, 4.69) is 45.7 Å². The fraction of sp³-hybridized carbons (Fsp3) is 0.231. The Kier molecular flexibility index (Phi) is 3.47. The van der Waals surface area contributed by atoms with Crippen LogP contribution in [0, 0.1) is 0 Å². The maximum absolute atomic E-state index is 6.56. The van der Waals surface area contributed by atoms with E-state index in [0.717, 1.165) is 16.5 Å². The standard InChI is InChI=1S/C13H14BrNS/c1-2-13(15,10-6-4-3-5-7-10)11-8-16-9-12(11)14/h3-9H,2,15H2,1H3.